The van der Waals surface area contributed by atoms with Gasteiger partial charge in [-0.25, -0.2) is 9.67 Å². The van der Waals surface area contributed by atoms with Crippen LogP contribution in [0.25, 0.3) is 16.7 Å². The van der Waals surface area contributed by atoms with Crippen molar-refractivity contribution in [3.8, 4) is 5.69 Å². The van der Waals surface area contributed by atoms with Crippen LogP contribution in [0.2, 0.25) is 0 Å². The highest BCUT2D eigenvalue weighted by atomic mass is 79.9. The molecule has 84 valence electrons. The molecule has 4 heteroatoms. The molecule has 0 unspecified atom stereocenters. The maximum atomic E-state index is 4.40. The predicted octanol–water partition coefficient (Wildman–Crippen LogP) is 3.49. The van der Waals surface area contributed by atoms with Gasteiger partial charge in [0.15, 0.2) is 5.65 Å². The van der Waals surface area contributed by atoms with Crippen molar-refractivity contribution in [1.29, 1.82) is 0 Å². The van der Waals surface area contributed by atoms with Crippen LogP contribution in [-0.4, -0.2) is 14.8 Å². The summed E-state index contributed by atoms with van der Waals surface area (Å²) in [4.78, 5) is 4.40. The minimum atomic E-state index is 0.874. The second kappa shape index (κ2) is 3.96. The number of hydrogen-bond donors (Lipinski definition) is 0. The molecule has 17 heavy (non-hydrogen) atoms. The second-order valence-corrected chi connectivity index (χ2v) is 4.88. The second-order valence-electron chi connectivity index (χ2n) is 3.96. The molecule has 0 radical (unpaired) electrons. The van der Waals surface area contributed by atoms with E-state index in [-0.39, 0.29) is 0 Å². The summed E-state index contributed by atoms with van der Waals surface area (Å²) in [5.74, 6) is 0. The van der Waals surface area contributed by atoms with E-state index in [0.717, 1.165) is 21.2 Å². The maximum absolute atomic E-state index is 4.40. The summed E-state index contributed by atoms with van der Waals surface area (Å²) in [6, 6.07) is 10.2. The van der Waals surface area contributed by atoms with Gasteiger partial charge in [0.2, 0.25) is 0 Å². The van der Waals surface area contributed by atoms with Crippen molar-refractivity contribution >= 4 is 27.0 Å². The van der Waals surface area contributed by atoms with Gasteiger partial charge in [-0.3, -0.25) is 0 Å². The van der Waals surface area contributed by atoms with Crippen LogP contribution >= 0.6 is 15.9 Å². The fraction of sp³-hybridized carbons (Fsp3) is 0.0769. The normalized spacial score (nSPS) is 10.9. The molecule has 0 saturated heterocycles. The van der Waals surface area contributed by atoms with Crippen molar-refractivity contribution in [2.24, 2.45) is 0 Å². The largest absolute Gasteiger partial charge is 0.235 e. The Morgan fingerprint density at radius 1 is 1.18 bits per heavy atom. The van der Waals surface area contributed by atoms with Gasteiger partial charge < -0.3 is 0 Å². The number of nitrogens with zero attached hydrogens (tertiary/aromatic N) is 3. The summed E-state index contributed by atoms with van der Waals surface area (Å²) >= 11 is 3.41. The zero-order chi connectivity index (χ0) is 11.8. The Morgan fingerprint density at radius 2 is 2.06 bits per heavy atom. The lowest BCUT2D eigenvalue weighted by molar-refractivity contribution is 0.895. The Kier molecular flexibility index (Phi) is 2.44. The van der Waals surface area contributed by atoms with Crippen molar-refractivity contribution in [3.05, 3.63) is 52.8 Å². The molecular formula is C13H10BrN3. The van der Waals surface area contributed by atoms with Gasteiger partial charge in [0.25, 0.3) is 0 Å². The number of halogens is 1. The van der Waals surface area contributed by atoms with E-state index in [1.165, 1.54) is 5.56 Å². The molecule has 0 N–H and O–H groups in total. The molecule has 2 aromatic heterocycles. The molecule has 3 rings (SSSR count). The molecule has 0 bridgehead atoms. The highest BCUT2D eigenvalue weighted by Crippen LogP contribution is 2.20. The Hall–Kier alpha value is -1.68. The summed E-state index contributed by atoms with van der Waals surface area (Å²) in [5.41, 5.74) is 3.12. The number of fused-ring (bicyclic) bond motifs is 1. The molecule has 0 fully saturated rings. The quantitative estimate of drug-likeness (QED) is 0.686. The van der Waals surface area contributed by atoms with Crippen molar-refractivity contribution in [2.45, 2.75) is 6.92 Å². The van der Waals surface area contributed by atoms with E-state index in [2.05, 4.69) is 45.1 Å². The van der Waals surface area contributed by atoms with Gasteiger partial charge >= 0.3 is 0 Å². The highest BCUT2D eigenvalue weighted by Gasteiger charge is 2.06. The highest BCUT2D eigenvalue weighted by molar-refractivity contribution is 9.10. The lowest BCUT2D eigenvalue weighted by Crippen LogP contribution is -1.97. The van der Waals surface area contributed by atoms with Crippen molar-refractivity contribution in [3.63, 3.8) is 0 Å². The fourth-order valence-electron chi connectivity index (χ4n) is 1.84. The van der Waals surface area contributed by atoms with Gasteiger partial charge in [0, 0.05) is 16.1 Å². The van der Waals surface area contributed by atoms with E-state index >= 15 is 0 Å². The monoisotopic (exact) mass is 287 g/mol. The Morgan fingerprint density at radius 3 is 2.88 bits per heavy atom. The van der Waals surface area contributed by atoms with Crippen molar-refractivity contribution in [2.75, 3.05) is 0 Å². The Labute approximate surface area is 107 Å². The standard InChI is InChI=1S/C13H10BrN3/c1-9-3-2-4-12(5-9)17-13-10(7-16-17)6-11(14)8-15-13/h2-8H,1H3. The number of hydrogen-bond acceptors (Lipinski definition) is 2. The number of pyridine rings is 1. The molecule has 2 heterocycles. The first kappa shape index (κ1) is 10.5. The Bertz CT molecular complexity index is 688. The zero-order valence-electron chi connectivity index (χ0n) is 9.26. The molecule has 0 spiro atoms. The average Bonchev–Trinajstić information content (AvgIpc) is 2.71. The first-order valence-electron chi connectivity index (χ1n) is 5.30. The fourth-order valence-corrected chi connectivity index (χ4v) is 2.19. The molecule has 0 amide bonds. The molecule has 0 atom stereocenters. The van der Waals surface area contributed by atoms with E-state index in [1.54, 1.807) is 6.20 Å². The molecule has 0 saturated carbocycles. The molecule has 0 aliphatic heterocycles. The third-order valence-corrected chi connectivity index (χ3v) is 3.05. The number of rotatable bonds is 1. The van der Waals surface area contributed by atoms with E-state index in [0.29, 0.717) is 0 Å². The molecular weight excluding hydrogens is 278 g/mol. The number of aromatic nitrogens is 3. The van der Waals surface area contributed by atoms with Gasteiger partial charge in [0.1, 0.15) is 0 Å². The van der Waals surface area contributed by atoms with Gasteiger partial charge in [0.05, 0.1) is 11.9 Å². The van der Waals surface area contributed by atoms with Crippen molar-refractivity contribution < 1.29 is 0 Å². The SMILES string of the molecule is Cc1cccc(-n2ncc3cc(Br)cnc32)c1. The lowest BCUT2D eigenvalue weighted by atomic mass is 10.2. The van der Waals surface area contributed by atoms with Crippen LogP contribution < -0.4 is 0 Å². The third kappa shape index (κ3) is 1.85. The number of aryl methyl sites for hydroxylation is 1. The summed E-state index contributed by atoms with van der Waals surface area (Å²) in [5, 5.41) is 5.41. The van der Waals surface area contributed by atoms with Crippen LogP contribution in [0.1, 0.15) is 5.56 Å². The minimum absolute atomic E-state index is 0.874. The lowest BCUT2D eigenvalue weighted by Gasteiger charge is -2.03. The summed E-state index contributed by atoms with van der Waals surface area (Å²) < 4.78 is 2.82. The summed E-state index contributed by atoms with van der Waals surface area (Å²) in [6.07, 6.45) is 3.62. The van der Waals surface area contributed by atoms with E-state index in [1.807, 2.05) is 29.1 Å². The van der Waals surface area contributed by atoms with Crippen LogP contribution in [0.3, 0.4) is 0 Å². The van der Waals surface area contributed by atoms with Crippen LogP contribution in [-0.2, 0) is 0 Å². The third-order valence-electron chi connectivity index (χ3n) is 2.62. The summed E-state index contributed by atoms with van der Waals surface area (Å²) in [7, 11) is 0. The van der Waals surface area contributed by atoms with Crippen LogP contribution in [0.5, 0.6) is 0 Å². The molecule has 3 nitrogen and oxygen atoms in total. The topological polar surface area (TPSA) is 30.7 Å². The average molecular weight is 288 g/mol. The van der Waals surface area contributed by atoms with E-state index < -0.39 is 0 Å². The molecule has 0 aliphatic carbocycles. The zero-order valence-corrected chi connectivity index (χ0v) is 10.8. The maximum Gasteiger partial charge on any atom is 0.162 e. The predicted molar refractivity (Wildman–Crippen MR) is 71.3 cm³/mol. The first-order valence-corrected chi connectivity index (χ1v) is 6.10. The smallest absolute Gasteiger partial charge is 0.162 e. The Balaban J connectivity index is 2.24. The first-order chi connectivity index (χ1) is 8.24. The molecule has 3 aromatic rings. The van der Waals surface area contributed by atoms with Gasteiger partial charge in [-0.05, 0) is 46.6 Å². The van der Waals surface area contributed by atoms with Crippen molar-refractivity contribution in [1.82, 2.24) is 14.8 Å². The van der Waals surface area contributed by atoms with E-state index in [4.69, 9.17) is 0 Å². The van der Waals surface area contributed by atoms with Crippen LogP contribution in [0, 0.1) is 6.92 Å². The van der Waals surface area contributed by atoms with Gasteiger partial charge in [-0.15, -0.1) is 0 Å². The van der Waals surface area contributed by atoms with E-state index in [9.17, 15) is 0 Å². The van der Waals surface area contributed by atoms with Crippen LogP contribution in [0.4, 0.5) is 0 Å². The molecule has 0 aliphatic rings. The summed E-state index contributed by atoms with van der Waals surface area (Å²) in [6.45, 7) is 2.07. The van der Waals surface area contributed by atoms with Crippen LogP contribution in [0.15, 0.2) is 47.2 Å². The number of benzene rings is 1. The molecule has 1 aromatic carbocycles. The van der Waals surface area contributed by atoms with Gasteiger partial charge in [-0.2, -0.15) is 5.10 Å². The minimum Gasteiger partial charge on any atom is -0.235 e. The van der Waals surface area contributed by atoms with Gasteiger partial charge in [-0.1, -0.05) is 12.1 Å².